The van der Waals surface area contributed by atoms with Crippen LogP contribution in [0.3, 0.4) is 0 Å². The van der Waals surface area contributed by atoms with E-state index in [-0.39, 0.29) is 30.0 Å². The van der Waals surface area contributed by atoms with E-state index in [0.717, 1.165) is 5.56 Å². The molecule has 0 heterocycles. The van der Waals surface area contributed by atoms with Crippen molar-refractivity contribution in [3.05, 3.63) is 29.8 Å². The molecule has 2 N–H and O–H groups in total. The maximum atomic E-state index is 12.5. The van der Waals surface area contributed by atoms with Gasteiger partial charge in [0.05, 0.1) is 17.6 Å². The van der Waals surface area contributed by atoms with Crippen LogP contribution in [0.25, 0.3) is 0 Å². The highest BCUT2D eigenvalue weighted by atomic mass is 127. The molecular weight excluding hydrogens is 527 g/mol. The summed E-state index contributed by atoms with van der Waals surface area (Å²) in [5.41, 5.74) is 0.985. The minimum absolute atomic E-state index is 0. The summed E-state index contributed by atoms with van der Waals surface area (Å²) in [7, 11) is -0.118. The Bertz CT molecular complexity index is 761. The van der Waals surface area contributed by atoms with E-state index in [1.54, 1.807) is 26.2 Å². The molecule has 178 valence electrons. The Labute approximate surface area is 205 Å². The van der Waals surface area contributed by atoms with Gasteiger partial charge in [-0.25, -0.2) is 8.42 Å². The van der Waals surface area contributed by atoms with Crippen molar-refractivity contribution in [3.63, 3.8) is 0 Å². The van der Waals surface area contributed by atoms with Gasteiger partial charge in [0.25, 0.3) is 0 Å². The largest absolute Gasteiger partial charge is 0.376 e. The van der Waals surface area contributed by atoms with Crippen LogP contribution in [0.2, 0.25) is 0 Å². The molecule has 31 heavy (non-hydrogen) atoms. The van der Waals surface area contributed by atoms with Crippen LogP contribution in [0.15, 0.2) is 34.2 Å². The molecule has 7 nitrogen and oxygen atoms in total. The zero-order valence-corrected chi connectivity index (χ0v) is 22.4. The smallest absolute Gasteiger partial charge is 0.243 e. The van der Waals surface area contributed by atoms with Crippen LogP contribution in [0.4, 0.5) is 0 Å². The van der Waals surface area contributed by atoms with Gasteiger partial charge < -0.3 is 15.4 Å². The zero-order valence-electron chi connectivity index (χ0n) is 19.3. The van der Waals surface area contributed by atoms with E-state index in [2.05, 4.69) is 15.6 Å². The first-order valence-electron chi connectivity index (χ1n) is 11.0. The van der Waals surface area contributed by atoms with Crippen LogP contribution in [0, 0.1) is 0 Å². The highest BCUT2D eigenvalue weighted by Crippen LogP contribution is 2.19. The van der Waals surface area contributed by atoms with Gasteiger partial charge in [-0.05, 0) is 44.4 Å². The number of nitrogens with zero attached hydrogens (tertiary/aromatic N) is 2. The molecule has 1 aromatic carbocycles. The predicted molar refractivity (Wildman–Crippen MR) is 138 cm³/mol. The third-order valence-corrected chi connectivity index (χ3v) is 7.61. The molecule has 1 aromatic rings. The number of nitrogens with one attached hydrogen (secondary N) is 2. The molecule has 1 aliphatic carbocycles. The Hall–Kier alpha value is -0.910. The topological polar surface area (TPSA) is 83.0 Å². The minimum Gasteiger partial charge on any atom is -0.376 e. The summed E-state index contributed by atoms with van der Waals surface area (Å²) in [5, 5.41) is 6.53. The molecule has 1 fully saturated rings. The summed E-state index contributed by atoms with van der Waals surface area (Å²) in [6.45, 7) is 5.64. The fourth-order valence-corrected chi connectivity index (χ4v) is 4.80. The van der Waals surface area contributed by atoms with Gasteiger partial charge in [0.2, 0.25) is 10.0 Å². The predicted octanol–water partition coefficient (Wildman–Crippen LogP) is 3.74. The monoisotopic (exact) mass is 566 g/mol. The van der Waals surface area contributed by atoms with Crippen LogP contribution in [0.1, 0.15) is 57.9 Å². The third kappa shape index (κ3) is 9.23. The molecule has 9 heteroatoms. The van der Waals surface area contributed by atoms with Crippen LogP contribution < -0.4 is 10.6 Å². The summed E-state index contributed by atoms with van der Waals surface area (Å²) in [5.74, 6) is 0.704. The Morgan fingerprint density at radius 3 is 2.29 bits per heavy atom. The Morgan fingerprint density at radius 2 is 1.74 bits per heavy atom. The lowest BCUT2D eigenvalue weighted by atomic mass is 10.1. The first-order chi connectivity index (χ1) is 14.3. The van der Waals surface area contributed by atoms with Gasteiger partial charge in [0, 0.05) is 33.2 Å². The van der Waals surface area contributed by atoms with Crippen LogP contribution >= 0.6 is 24.0 Å². The summed E-state index contributed by atoms with van der Waals surface area (Å²) >= 11 is 0. The number of hydrogen-bond acceptors (Lipinski definition) is 4. The zero-order chi connectivity index (χ0) is 22.0. The van der Waals surface area contributed by atoms with Gasteiger partial charge in [-0.15, -0.1) is 24.0 Å². The molecular formula is C22H39IN4O3S. The maximum Gasteiger partial charge on any atom is 0.243 e. The van der Waals surface area contributed by atoms with Crippen LogP contribution in [-0.2, 0) is 21.3 Å². The number of sulfonamides is 1. The van der Waals surface area contributed by atoms with Gasteiger partial charge in [-0.3, -0.25) is 4.99 Å². The quantitative estimate of drug-likeness (QED) is 0.157. The van der Waals surface area contributed by atoms with Gasteiger partial charge in [0.1, 0.15) is 0 Å². The average molecular weight is 567 g/mol. The lowest BCUT2D eigenvalue weighted by molar-refractivity contribution is 0.0468. The SMILES string of the molecule is CN=C(NCCOC1CCCCCC1)NCc1ccc(S(=O)(=O)N(C)C(C)C)cc1.I. The minimum atomic E-state index is -3.45. The highest BCUT2D eigenvalue weighted by molar-refractivity contribution is 14.0. The van der Waals surface area contributed by atoms with E-state index in [1.807, 2.05) is 26.0 Å². The molecule has 1 aliphatic rings. The lowest BCUT2D eigenvalue weighted by Crippen LogP contribution is -2.39. The van der Waals surface area contributed by atoms with Gasteiger partial charge in [-0.1, -0.05) is 37.8 Å². The Morgan fingerprint density at radius 1 is 1.13 bits per heavy atom. The fraction of sp³-hybridized carbons (Fsp3) is 0.682. The number of rotatable bonds is 9. The second kappa shape index (κ2) is 14.3. The number of hydrogen-bond donors (Lipinski definition) is 2. The summed E-state index contributed by atoms with van der Waals surface area (Å²) in [4.78, 5) is 4.54. The van der Waals surface area contributed by atoms with Crippen molar-refractivity contribution < 1.29 is 13.2 Å². The number of aliphatic imine (C=N–C) groups is 1. The van der Waals surface area contributed by atoms with E-state index in [0.29, 0.717) is 36.7 Å². The summed E-state index contributed by atoms with van der Waals surface area (Å²) < 4.78 is 32.5. The molecule has 0 aromatic heterocycles. The molecule has 0 aliphatic heterocycles. The van der Waals surface area contributed by atoms with E-state index in [4.69, 9.17) is 4.74 Å². The fourth-order valence-electron chi connectivity index (χ4n) is 3.43. The van der Waals surface area contributed by atoms with Crippen molar-refractivity contribution in [3.8, 4) is 0 Å². The van der Waals surface area contributed by atoms with Crippen molar-refractivity contribution in [1.82, 2.24) is 14.9 Å². The molecule has 0 unspecified atom stereocenters. The first kappa shape index (κ1) is 28.1. The third-order valence-electron chi connectivity index (χ3n) is 5.56. The van der Waals surface area contributed by atoms with Crippen molar-refractivity contribution in [2.24, 2.45) is 4.99 Å². The first-order valence-corrected chi connectivity index (χ1v) is 12.4. The molecule has 1 saturated carbocycles. The molecule has 0 amide bonds. The van der Waals surface area contributed by atoms with Crippen molar-refractivity contribution in [2.45, 2.75) is 76.0 Å². The van der Waals surface area contributed by atoms with Gasteiger partial charge in [0.15, 0.2) is 5.96 Å². The van der Waals surface area contributed by atoms with Gasteiger partial charge in [-0.2, -0.15) is 4.31 Å². The molecule has 0 bridgehead atoms. The average Bonchev–Trinajstić information content (AvgIpc) is 3.01. The van der Waals surface area contributed by atoms with Crippen LogP contribution in [0.5, 0.6) is 0 Å². The standard InChI is InChI=1S/C22H38N4O3S.HI/c1-18(2)26(4)30(27,28)21-13-11-19(12-14-21)17-25-22(23-3)24-15-16-29-20-9-7-5-6-8-10-20;/h11-14,18,20H,5-10,15-17H2,1-4H3,(H2,23,24,25);1H. The summed E-state index contributed by atoms with van der Waals surface area (Å²) in [6, 6.07) is 6.88. The Balaban J connectivity index is 0.00000480. The highest BCUT2D eigenvalue weighted by Gasteiger charge is 2.22. The van der Waals surface area contributed by atoms with E-state index >= 15 is 0 Å². The molecule has 0 atom stereocenters. The van der Waals surface area contributed by atoms with Gasteiger partial charge >= 0.3 is 0 Å². The van der Waals surface area contributed by atoms with Crippen LogP contribution in [-0.4, -0.2) is 58.1 Å². The van der Waals surface area contributed by atoms with Crippen molar-refractivity contribution >= 4 is 40.0 Å². The van der Waals surface area contributed by atoms with Crippen molar-refractivity contribution in [1.29, 1.82) is 0 Å². The Kier molecular flexibility index (Phi) is 13.0. The molecule has 2 rings (SSSR count). The molecule has 0 radical (unpaired) electrons. The second-order valence-electron chi connectivity index (χ2n) is 8.10. The van der Waals surface area contributed by atoms with E-state index in [9.17, 15) is 8.42 Å². The number of ether oxygens (including phenoxy) is 1. The van der Waals surface area contributed by atoms with Crippen molar-refractivity contribution in [2.75, 3.05) is 27.2 Å². The number of guanidine groups is 1. The number of benzene rings is 1. The second-order valence-corrected chi connectivity index (χ2v) is 10.1. The normalized spacial score (nSPS) is 16.1. The van der Waals surface area contributed by atoms with E-state index in [1.165, 1.54) is 42.8 Å². The number of halogens is 1. The lowest BCUT2D eigenvalue weighted by Gasteiger charge is -2.21. The molecule has 0 spiro atoms. The maximum absolute atomic E-state index is 12.5. The molecule has 0 saturated heterocycles. The summed E-state index contributed by atoms with van der Waals surface area (Å²) in [6.07, 6.45) is 7.95. The van der Waals surface area contributed by atoms with E-state index < -0.39 is 10.0 Å².